The van der Waals surface area contributed by atoms with Gasteiger partial charge in [-0.25, -0.2) is 0 Å². The number of hydrogen-bond acceptors (Lipinski definition) is 2. The van der Waals surface area contributed by atoms with E-state index >= 15 is 0 Å². The van der Waals surface area contributed by atoms with Gasteiger partial charge in [0.1, 0.15) is 0 Å². The van der Waals surface area contributed by atoms with Crippen molar-refractivity contribution in [3.8, 4) is 0 Å². The van der Waals surface area contributed by atoms with Gasteiger partial charge in [-0.2, -0.15) is 0 Å². The van der Waals surface area contributed by atoms with Crippen molar-refractivity contribution < 1.29 is 0 Å². The maximum Gasteiger partial charge on any atom is 0.0266 e. The van der Waals surface area contributed by atoms with E-state index in [-0.39, 0.29) is 0 Å². The van der Waals surface area contributed by atoms with Crippen LogP contribution in [0.4, 0.5) is 0 Å². The normalized spacial score (nSPS) is 26.4. The molecule has 0 aromatic carbocycles. The fraction of sp³-hybridized carbons (Fsp3) is 1.00. The molecule has 0 saturated heterocycles. The monoisotopic (exact) mass is 232 g/mol. The first-order valence-corrected chi connectivity index (χ1v) is 6.86. The molecule has 0 spiro atoms. The molecule has 0 aromatic rings. The molecular formula is C12H25ClN2. The highest BCUT2D eigenvalue weighted by Gasteiger charge is 2.25. The first-order chi connectivity index (χ1) is 7.31. The fourth-order valence-corrected chi connectivity index (χ4v) is 2.81. The summed E-state index contributed by atoms with van der Waals surface area (Å²) in [5, 5.41) is 3.66. The van der Waals surface area contributed by atoms with Crippen LogP contribution in [-0.2, 0) is 0 Å². The smallest absolute Gasteiger partial charge is 0.0266 e. The Morgan fingerprint density at radius 3 is 2.60 bits per heavy atom. The fourth-order valence-electron chi connectivity index (χ4n) is 2.44. The molecule has 0 aromatic heterocycles. The van der Waals surface area contributed by atoms with Crippen molar-refractivity contribution in [1.82, 2.24) is 10.2 Å². The molecule has 1 rings (SSSR count). The molecule has 0 radical (unpaired) electrons. The molecule has 1 saturated carbocycles. The summed E-state index contributed by atoms with van der Waals surface area (Å²) in [6.07, 6.45) is 3.97. The average Bonchev–Trinajstić information content (AvgIpc) is 2.72. The van der Waals surface area contributed by atoms with E-state index in [1.807, 2.05) is 0 Å². The predicted molar refractivity (Wildman–Crippen MR) is 67.6 cm³/mol. The molecule has 1 N–H and O–H groups in total. The summed E-state index contributed by atoms with van der Waals surface area (Å²) in [5.41, 5.74) is 0. The lowest BCUT2D eigenvalue weighted by Crippen LogP contribution is -2.39. The third-order valence-electron chi connectivity index (χ3n) is 3.59. The quantitative estimate of drug-likeness (QED) is 0.678. The van der Waals surface area contributed by atoms with Crippen LogP contribution in [0, 0.1) is 5.92 Å². The van der Waals surface area contributed by atoms with E-state index in [1.54, 1.807) is 0 Å². The molecule has 0 aliphatic heterocycles. The topological polar surface area (TPSA) is 15.3 Å². The predicted octanol–water partition coefficient (Wildman–Crippen LogP) is 2.33. The summed E-state index contributed by atoms with van der Waals surface area (Å²) >= 11 is 5.95. The van der Waals surface area contributed by atoms with E-state index in [4.69, 9.17) is 11.6 Å². The van der Waals surface area contributed by atoms with Gasteiger partial charge in [0.2, 0.25) is 0 Å². The lowest BCUT2D eigenvalue weighted by molar-refractivity contribution is 0.290. The van der Waals surface area contributed by atoms with Crippen molar-refractivity contribution in [2.45, 2.75) is 39.2 Å². The van der Waals surface area contributed by atoms with Crippen molar-refractivity contribution in [1.29, 1.82) is 0 Å². The molecule has 0 amide bonds. The average molecular weight is 233 g/mol. The van der Waals surface area contributed by atoms with Crippen LogP contribution in [0.2, 0.25) is 0 Å². The molecular weight excluding hydrogens is 208 g/mol. The first kappa shape index (κ1) is 13.3. The molecule has 2 atom stereocenters. The van der Waals surface area contributed by atoms with Gasteiger partial charge in [-0.05, 0) is 31.8 Å². The number of hydrogen-bond donors (Lipinski definition) is 1. The molecule has 1 fully saturated rings. The van der Waals surface area contributed by atoms with Crippen molar-refractivity contribution in [3.05, 3.63) is 0 Å². The van der Waals surface area contributed by atoms with Crippen LogP contribution >= 0.6 is 11.6 Å². The number of nitrogens with zero attached hydrogens (tertiary/aromatic N) is 1. The summed E-state index contributed by atoms with van der Waals surface area (Å²) in [5.74, 6) is 1.53. The van der Waals surface area contributed by atoms with Gasteiger partial charge in [0.25, 0.3) is 0 Å². The largest absolute Gasteiger partial charge is 0.312 e. The van der Waals surface area contributed by atoms with Gasteiger partial charge < -0.3 is 10.2 Å². The molecule has 3 heteroatoms. The summed E-state index contributed by atoms with van der Waals surface area (Å²) in [6.45, 7) is 9.03. The van der Waals surface area contributed by atoms with Crippen LogP contribution in [0.15, 0.2) is 0 Å². The lowest BCUT2D eigenvalue weighted by atomic mass is 10.1. The first-order valence-electron chi connectivity index (χ1n) is 6.33. The minimum Gasteiger partial charge on any atom is -0.312 e. The Kier molecular flexibility index (Phi) is 6.62. The highest BCUT2D eigenvalue weighted by molar-refractivity contribution is 6.18. The van der Waals surface area contributed by atoms with Crippen LogP contribution in [0.3, 0.4) is 0 Å². The number of halogens is 1. The number of rotatable bonds is 7. The van der Waals surface area contributed by atoms with Crippen LogP contribution < -0.4 is 5.32 Å². The Balaban J connectivity index is 2.13. The third kappa shape index (κ3) is 4.29. The van der Waals surface area contributed by atoms with Gasteiger partial charge in [0.05, 0.1) is 0 Å². The zero-order valence-corrected chi connectivity index (χ0v) is 10.9. The van der Waals surface area contributed by atoms with E-state index in [9.17, 15) is 0 Å². The Labute approximate surface area is 99.4 Å². The minimum atomic E-state index is 0.679. The molecule has 0 bridgehead atoms. The summed E-state index contributed by atoms with van der Waals surface area (Å²) < 4.78 is 0. The highest BCUT2D eigenvalue weighted by atomic mass is 35.5. The van der Waals surface area contributed by atoms with E-state index in [1.165, 1.54) is 25.8 Å². The van der Waals surface area contributed by atoms with Crippen LogP contribution in [0.25, 0.3) is 0 Å². The zero-order chi connectivity index (χ0) is 11.1. The summed E-state index contributed by atoms with van der Waals surface area (Å²) in [7, 11) is 0. The van der Waals surface area contributed by atoms with Gasteiger partial charge in [-0.15, -0.1) is 11.6 Å². The Bertz CT molecular complexity index is 160. The molecule has 2 unspecified atom stereocenters. The van der Waals surface area contributed by atoms with Gasteiger partial charge in [-0.1, -0.05) is 20.3 Å². The van der Waals surface area contributed by atoms with Crippen molar-refractivity contribution in [2.24, 2.45) is 5.92 Å². The number of alkyl halides is 1. The molecule has 0 heterocycles. The van der Waals surface area contributed by atoms with Gasteiger partial charge in [-0.3, -0.25) is 0 Å². The van der Waals surface area contributed by atoms with Crippen molar-refractivity contribution in [2.75, 3.05) is 32.1 Å². The molecule has 2 nitrogen and oxygen atoms in total. The molecule has 1 aliphatic carbocycles. The Morgan fingerprint density at radius 1 is 1.27 bits per heavy atom. The SMILES string of the molecule is CCN(CC)CCNC1CCCC1CCl. The second-order valence-corrected chi connectivity index (χ2v) is 4.74. The van der Waals surface area contributed by atoms with Crippen molar-refractivity contribution in [3.63, 3.8) is 0 Å². The Morgan fingerprint density at radius 2 is 2.00 bits per heavy atom. The standard InChI is InChI=1S/C12H25ClN2/c1-3-15(4-2)9-8-14-12-7-5-6-11(12)10-13/h11-12,14H,3-10H2,1-2H3. The van der Waals surface area contributed by atoms with E-state index < -0.39 is 0 Å². The van der Waals surface area contributed by atoms with Gasteiger partial charge >= 0.3 is 0 Å². The molecule has 15 heavy (non-hydrogen) atoms. The van der Waals surface area contributed by atoms with Crippen LogP contribution in [-0.4, -0.2) is 43.0 Å². The molecule has 1 aliphatic rings. The van der Waals surface area contributed by atoms with Crippen LogP contribution in [0.1, 0.15) is 33.1 Å². The second kappa shape index (κ2) is 7.48. The maximum atomic E-state index is 5.95. The van der Waals surface area contributed by atoms with E-state index in [2.05, 4.69) is 24.1 Å². The van der Waals surface area contributed by atoms with Crippen molar-refractivity contribution >= 4 is 11.6 Å². The summed E-state index contributed by atoms with van der Waals surface area (Å²) in [6, 6.07) is 0.679. The van der Waals surface area contributed by atoms with E-state index in [0.717, 1.165) is 25.5 Å². The van der Waals surface area contributed by atoms with E-state index in [0.29, 0.717) is 12.0 Å². The maximum absolute atomic E-state index is 5.95. The lowest BCUT2D eigenvalue weighted by Gasteiger charge is -2.22. The molecule has 90 valence electrons. The van der Waals surface area contributed by atoms with Gasteiger partial charge in [0, 0.05) is 25.0 Å². The second-order valence-electron chi connectivity index (χ2n) is 4.43. The van der Waals surface area contributed by atoms with Gasteiger partial charge in [0.15, 0.2) is 0 Å². The minimum absolute atomic E-state index is 0.679. The highest BCUT2D eigenvalue weighted by Crippen LogP contribution is 2.26. The third-order valence-corrected chi connectivity index (χ3v) is 3.98. The summed E-state index contributed by atoms with van der Waals surface area (Å²) in [4.78, 5) is 2.46. The zero-order valence-electron chi connectivity index (χ0n) is 10.1. The Hall–Kier alpha value is 0.210. The number of nitrogens with one attached hydrogen (secondary N) is 1. The number of likely N-dealkylation sites (N-methyl/N-ethyl adjacent to an activating group) is 1. The van der Waals surface area contributed by atoms with Crippen LogP contribution in [0.5, 0.6) is 0 Å².